The summed E-state index contributed by atoms with van der Waals surface area (Å²) < 4.78 is 0. The normalized spacial score (nSPS) is 10.0. The number of carbonyl (C=O) groups excluding carboxylic acids is 1. The number of carboxylic acids is 1. The van der Waals surface area contributed by atoms with Crippen LogP contribution in [0.3, 0.4) is 0 Å². The van der Waals surface area contributed by atoms with Gasteiger partial charge >= 0.3 is 5.97 Å². The Morgan fingerprint density at radius 2 is 1.94 bits per heavy atom. The molecule has 0 bridgehead atoms. The van der Waals surface area contributed by atoms with Crippen molar-refractivity contribution in [3.8, 4) is 0 Å². The Labute approximate surface area is 99.8 Å². The van der Waals surface area contributed by atoms with Crippen molar-refractivity contribution in [3.05, 3.63) is 29.3 Å². The molecule has 5 heteroatoms. The van der Waals surface area contributed by atoms with Crippen LogP contribution < -0.4 is 10.6 Å². The summed E-state index contributed by atoms with van der Waals surface area (Å²) in [5.41, 5.74) is 2.86. The number of hydrogen-bond acceptors (Lipinski definition) is 3. The highest BCUT2D eigenvalue weighted by atomic mass is 16.4. The minimum Gasteiger partial charge on any atom is -0.480 e. The van der Waals surface area contributed by atoms with Crippen molar-refractivity contribution in [2.75, 3.05) is 18.4 Å². The number of nitrogens with one attached hydrogen (secondary N) is 2. The quantitative estimate of drug-likeness (QED) is 0.710. The molecule has 1 aromatic carbocycles. The van der Waals surface area contributed by atoms with Crippen LogP contribution in [0.5, 0.6) is 0 Å². The molecular formula is C12H16N2O3. The first-order valence-electron chi connectivity index (χ1n) is 5.28. The lowest BCUT2D eigenvalue weighted by molar-refractivity contribution is -0.135. The van der Waals surface area contributed by atoms with Crippen LogP contribution in [0.1, 0.15) is 11.1 Å². The van der Waals surface area contributed by atoms with Gasteiger partial charge in [0.05, 0.1) is 13.1 Å². The van der Waals surface area contributed by atoms with E-state index >= 15 is 0 Å². The predicted octanol–water partition coefficient (Wildman–Crippen LogP) is 0.916. The van der Waals surface area contributed by atoms with E-state index in [0.29, 0.717) is 0 Å². The maximum absolute atomic E-state index is 11.5. The monoisotopic (exact) mass is 236 g/mol. The molecule has 0 unspecified atom stereocenters. The van der Waals surface area contributed by atoms with E-state index in [-0.39, 0.29) is 19.0 Å². The summed E-state index contributed by atoms with van der Waals surface area (Å²) in [7, 11) is 0. The van der Waals surface area contributed by atoms with Gasteiger partial charge < -0.3 is 10.4 Å². The SMILES string of the molecule is Cc1ccc(NC(=O)CNCC(=O)O)c(C)c1. The fraction of sp³-hybridized carbons (Fsp3) is 0.333. The average molecular weight is 236 g/mol. The summed E-state index contributed by atoms with van der Waals surface area (Å²) in [6.07, 6.45) is 0. The van der Waals surface area contributed by atoms with Gasteiger partial charge in [-0.05, 0) is 25.5 Å². The molecule has 0 fully saturated rings. The lowest BCUT2D eigenvalue weighted by Gasteiger charge is -2.09. The van der Waals surface area contributed by atoms with Crippen LogP contribution in [0.2, 0.25) is 0 Å². The molecule has 0 aromatic heterocycles. The van der Waals surface area contributed by atoms with E-state index < -0.39 is 5.97 Å². The minimum absolute atomic E-state index is 0.0143. The number of rotatable bonds is 5. The first kappa shape index (κ1) is 13.2. The molecule has 92 valence electrons. The van der Waals surface area contributed by atoms with Crippen molar-refractivity contribution < 1.29 is 14.7 Å². The molecule has 5 nitrogen and oxygen atoms in total. The number of anilines is 1. The van der Waals surface area contributed by atoms with Gasteiger partial charge in [0.25, 0.3) is 0 Å². The number of carbonyl (C=O) groups is 2. The average Bonchev–Trinajstić information content (AvgIpc) is 2.21. The second kappa shape index (κ2) is 6.00. The molecular weight excluding hydrogens is 220 g/mol. The molecule has 0 radical (unpaired) electrons. The smallest absolute Gasteiger partial charge is 0.317 e. The summed E-state index contributed by atoms with van der Waals surface area (Å²) in [5, 5.41) is 13.6. The third kappa shape index (κ3) is 4.65. The molecule has 1 amide bonds. The molecule has 1 aromatic rings. The van der Waals surface area contributed by atoms with E-state index in [1.165, 1.54) is 0 Å². The number of aliphatic carboxylic acids is 1. The van der Waals surface area contributed by atoms with E-state index in [1.807, 2.05) is 32.0 Å². The van der Waals surface area contributed by atoms with Crippen molar-refractivity contribution >= 4 is 17.6 Å². The molecule has 0 atom stereocenters. The van der Waals surface area contributed by atoms with Gasteiger partial charge in [0.2, 0.25) is 5.91 Å². The van der Waals surface area contributed by atoms with Gasteiger partial charge in [0, 0.05) is 5.69 Å². The Balaban J connectivity index is 2.48. The van der Waals surface area contributed by atoms with Crippen LogP contribution in [0.4, 0.5) is 5.69 Å². The van der Waals surface area contributed by atoms with E-state index in [1.54, 1.807) is 0 Å². The zero-order valence-corrected chi connectivity index (χ0v) is 9.91. The summed E-state index contributed by atoms with van der Waals surface area (Å²) in [4.78, 5) is 21.7. The first-order valence-corrected chi connectivity index (χ1v) is 5.28. The summed E-state index contributed by atoms with van der Waals surface area (Å²) >= 11 is 0. The number of aryl methyl sites for hydroxylation is 2. The maximum Gasteiger partial charge on any atom is 0.317 e. The second-order valence-electron chi connectivity index (χ2n) is 3.86. The highest BCUT2D eigenvalue weighted by molar-refractivity contribution is 5.93. The molecule has 0 spiro atoms. The van der Waals surface area contributed by atoms with Crippen LogP contribution in [0, 0.1) is 13.8 Å². The van der Waals surface area contributed by atoms with Crippen LogP contribution >= 0.6 is 0 Å². The van der Waals surface area contributed by atoms with E-state index in [2.05, 4.69) is 10.6 Å². The molecule has 1 rings (SSSR count). The standard InChI is InChI=1S/C12H16N2O3/c1-8-3-4-10(9(2)5-8)14-11(15)6-13-7-12(16)17/h3-5,13H,6-7H2,1-2H3,(H,14,15)(H,16,17). The molecule has 0 aliphatic carbocycles. The van der Waals surface area contributed by atoms with Crippen molar-refractivity contribution in [2.45, 2.75) is 13.8 Å². The lowest BCUT2D eigenvalue weighted by Crippen LogP contribution is -2.31. The van der Waals surface area contributed by atoms with Crippen LogP contribution in [-0.4, -0.2) is 30.1 Å². The third-order valence-electron chi connectivity index (χ3n) is 2.22. The Morgan fingerprint density at radius 3 is 2.53 bits per heavy atom. The molecule has 0 saturated heterocycles. The van der Waals surface area contributed by atoms with Gasteiger partial charge in [-0.3, -0.25) is 14.9 Å². The fourth-order valence-corrected chi connectivity index (χ4v) is 1.43. The minimum atomic E-state index is -0.982. The highest BCUT2D eigenvalue weighted by Crippen LogP contribution is 2.15. The first-order chi connectivity index (χ1) is 7.99. The molecule has 0 heterocycles. The molecule has 0 aliphatic heterocycles. The Bertz CT molecular complexity index is 430. The largest absolute Gasteiger partial charge is 0.480 e. The summed E-state index contributed by atoms with van der Waals surface area (Å²) in [6.45, 7) is 3.65. The number of benzene rings is 1. The van der Waals surface area contributed by atoms with Crippen molar-refractivity contribution in [2.24, 2.45) is 0 Å². The molecule has 0 aliphatic rings. The number of hydrogen-bond donors (Lipinski definition) is 3. The van der Waals surface area contributed by atoms with Gasteiger partial charge in [0.15, 0.2) is 0 Å². The van der Waals surface area contributed by atoms with Crippen molar-refractivity contribution in [3.63, 3.8) is 0 Å². The van der Waals surface area contributed by atoms with Gasteiger partial charge in [0.1, 0.15) is 0 Å². The van der Waals surface area contributed by atoms with Crippen LogP contribution in [0.15, 0.2) is 18.2 Å². The third-order valence-corrected chi connectivity index (χ3v) is 2.22. The van der Waals surface area contributed by atoms with Gasteiger partial charge in [-0.1, -0.05) is 17.7 Å². The highest BCUT2D eigenvalue weighted by Gasteiger charge is 2.05. The Kier molecular flexibility index (Phi) is 4.66. The lowest BCUT2D eigenvalue weighted by atomic mass is 10.1. The van der Waals surface area contributed by atoms with Crippen LogP contribution in [0.25, 0.3) is 0 Å². The van der Waals surface area contributed by atoms with Gasteiger partial charge in [-0.25, -0.2) is 0 Å². The second-order valence-corrected chi connectivity index (χ2v) is 3.86. The zero-order chi connectivity index (χ0) is 12.8. The predicted molar refractivity (Wildman–Crippen MR) is 65.1 cm³/mol. The topological polar surface area (TPSA) is 78.4 Å². The van der Waals surface area contributed by atoms with Crippen molar-refractivity contribution in [1.29, 1.82) is 0 Å². The summed E-state index contributed by atoms with van der Waals surface area (Å²) in [5.74, 6) is -1.23. The maximum atomic E-state index is 11.5. The molecule has 17 heavy (non-hydrogen) atoms. The van der Waals surface area contributed by atoms with Gasteiger partial charge in [-0.2, -0.15) is 0 Å². The van der Waals surface area contributed by atoms with E-state index in [9.17, 15) is 9.59 Å². The zero-order valence-electron chi connectivity index (χ0n) is 9.91. The Morgan fingerprint density at radius 1 is 1.24 bits per heavy atom. The molecule has 3 N–H and O–H groups in total. The number of amides is 1. The van der Waals surface area contributed by atoms with E-state index in [0.717, 1.165) is 16.8 Å². The summed E-state index contributed by atoms with van der Waals surface area (Å²) in [6, 6.07) is 5.72. The van der Waals surface area contributed by atoms with Crippen LogP contribution in [-0.2, 0) is 9.59 Å². The Hall–Kier alpha value is -1.88. The van der Waals surface area contributed by atoms with E-state index in [4.69, 9.17) is 5.11 Å². The van der Waals surface area contributed by atoms with Gasteiger partial charge in [-0.15, -0.1) is 0 Å². The van der Waals surface area contributed by atoms with Crippen molar-refractivity contribution in [1.82, 2.24) is 5.32 Å². The number of carboxylic acid groups (broad SMARTS) is 1. The fourth-order valence-electron chi connectivity index (χ4n) is 1.43. The molecule has 0 saturated carbocycles.